The first-order valence-corrected chi connectivity index (χ1v) is 7.59. The summed E-state index contributed by atoms with van der Waals surface area (Å²) in [6.45, 7) is 5.21. The Hall–Kier alpha value is -2.36. The van der Waals surface area contributed by atoms with E-state index in [1.54, 1.807) is 6.92 Å². The summed E-state index contributed by atoms with van der Waals surface area (Å²) in [6, 6.07) is 10.4. The van der Waals surface area contributed by atoms with Gasteiger partial charge in [0.05, 0.1) is 5.52 Å². The minimum Gasteiger partial charge on any atom is -0.338 e. The van der Waals surface area contributed by atoms with Crippen LogP contribution in [0.15, 0.2) is 52.7 Å². The number of hydrogen-bond donors (Lipinski definition) is 0. The molecule has 4 heteroatoms. The molecule has 2 aromatic rings. The molecule has 22 heavy (non-hydrogen) atoms. The van der Waals surface area contributed by atoms with Gasteiger partial charge in [0.15, 0.2) is 0 Å². The van der Waals surface area contributed by atoms with E-state index in [2.05, 4.69) is 40.9 Å². The van der Waals surface area contributed by atoms with Gasteiger partial charge in [-0.05, 0) is 30.9 Å². The van der Waals surface area contributed by atoms with E-state index >= 15 is 0 Å². The third kappa shape index (κ3) is 2.45. The average molecular weight is 295 g/mol. The Labute approximate surface area is 130 Å². The van der Waals surface area contributed by atoms with E-state index in [-0.39, 0.29) is 5.91 Å². The fraction of sp³-hybridized carbons (Fsp3) is 0.333. The van der Waals surface area contributed by atoms with Crippen LogP contribution in [-0.4, -0.2) is 41.3 Å². The molecule has 114 valence electrons. The number of carbonyl (C=O) groups is 1. The number of hydrogen-bond acceptors (Lipinski definition) is 2. The van der Waals surface area contributed by atoms with Crippen LogP contribution >= 0.6 is 0 Å². The summed E-state index contributed by atoms with van der Waals surface area (Å²) in [5.41, 5.74) is 3.62. The van der Waals surface area contributed by atoms with Crippen LogP contribution in [-0.2, 0) is 4.79 Å². The van der Waals surface area contributed by atoms with Crippen molar-refractivity contribution in [3.8, 4) is 0 Å². The number of rotatable bonds is 1. The summed E-state index contributed by atoms with van der Waals surface area (Å²) in [6.07, 6.45) is 2.97. The predicted octanol–water partition coefficient (Wildman–Crippen LogP) is 3.09. The molecule has 1 aromatic carbocycles. The monoisotopic (exact) mass is 295 g/mol. The number of benzene rings is 1. The molecule has 3 rings (SSSR count). The molecule has 4 nitrogen and oxygen atoms in total. The van der Waals surface area contributed by atoms with E-state index in [0.29, 0.717) is 6.54 Å². The maximum absolute atomic E-state index is 11.7. The normalized spacial score (nSPS) is 16.5. The first kappa shape index (κ1) is 14.6. The Morgan fingerprint density at radius 2 is 2.00 bits per heavy atom. The Morgan fingerprint density at radius 1 is 1.23 bits per heavy atom. The number of nitrogens with zero attached hydrogens (tertiary/aromatic N) is 3. The zero-order valence-corrected chi connectivity index (χ0v) is 13.3. The molecule has 0 bridgehead atoms. The van der Waals surface area contributed by atoms with Crippen LogP contribution in [0, 0.1) is 0 Å². The standard InChI is InChI=1S/C18H21N3O/c1-13-8-10-20(14(2)22)12-16(13)18(19-3)21-11-9-15-6-4-5-7-17(15)21/h4-7,9,11H,8,10,12H2,1-3H3. The predicted molar refractivity (Wildman–Crippen MR) is 90.3 cm³/mol. The van der Waals surface area contributed by atoms with Crippen molar-refractivity contribution in [2.24, 2.45) is 4.99 Å². The molecular formula is C18H21N3O. The molecule has 0 unspecified atom stereocenters. The Bertz CT molecular complexity index is 782. The summed E-state index contributed by atoms with van der Waals surface area (Å²) in [7, 11) is 1.82. The second kappa shape index (κ2) is 5.79. The van der Waals surface area contributed by atoms with Crippen LogP contribution in [0.1, 0.15) is 20.3 Å². The lowest BCUT2D eigenvalue weighted by Crippen LogP contribution is -2.38. The molecule has 0 saturated carbocycles. The molecule has 1 aromatic heterocycles. The van der Waals surface area contributed by atoms with E-state index in [1.807, 2.05) is 24.1 Å². The van der Waals surface area contributed by atoms with Crippen LogP contribution in [0.4, 0.5) is 0 Å². The van der Waals surface area contributed by atoms with Crippen LogP contribution in [0.2, 0.25) is 0 Å². The van der Waals surface area contributed by atoms with Crippen LogP contribution in [0.25, 0.3) is 10.9 Å². The van der Waals surface area contributed by atoms with Gasteiger partial charge in [-0.2, -0.15) is 0 Å². The van der Waals surface area contributed by atoms with E-state index in [4.69, 9.17) is 0 Å². The summed E-state index contributed by atoms with van der Waals surface area (Å²) in [5, 5.41) is 1.20. The molecule has 1 aliphatic heterocycles. The highest BCUT2D eigenvalue weighted by molar-refractivity contribution is 6.06. The summed E-state index contributed by atoms with van der Waals surface area (Å²) in [5.74, 6) is 1.06. The highest BCUT2D eigenvalue weighted by Gasteiger charge is 2.23. The molecule has 0 aliphatic carbocycles. The zero-order chi connectivity index (χ0) is 15.7. The van der Waals surface area contributed by atoms with Crippen LogP contribution < -0.4 is 0 Å². The largest absolute Gasteiger partial charge is 0.338 e. The van der Waals surface area contributed by atoms with Crippen LogP contribution in [0.3, 0.4) is 0 Å². The molecule has 0 radical (unpaired) electrons. The minimum absolute atomic E-state index is 0.123. The van der Waals surface area contributed by atoms with Crippen molar-refractivity contribution in [1.29, 1.82) is 0 Å². The van der Waals surface area contributed by atoms with Crippen molar-refractivity contribution < 1.29 is 4.79 Å². The number of carbonyl (C=O) groups excluding carboxylic acids is 1. The van der Waals surface area contributed by atoms with Gasteiger partial charge in [0, 0.05) is 38.8 Å². The van der Waals surface area contributed by atoms with Crippen molar-refractivity contribution in [1.82, 2.24) is 9.47 Å². The second-order valence-corrected chi connectivity index (χ2v) is 5.74. The molecular weight excluding hydrogens is 274 g/mol. The maximum Gasteiger partial charge on any atom is 0.219 e. The fourth-order valence-corrected chi connectivity index (χ4v) is 3.04. The highest BCUT2D eigenvalue weighted by Crippen LogP contribution is 2.23. The molecule has 0 spiro atoms. The lowest BCUT2D eigenvalue weighted by molar-refractivity contribution is -0.128. The van der Waals surface area contributed by atoms with Gasteiger partial charge in [-0.15, -0.1) is 0 Å². The molecule has 0 fully saturated rings. The summed E-state index contributed by atoms with van der Waals surface area (Å²) in [4.78, 5) is 18.1. The molecule has 1 aliphatic rings. The molecule has 1 amide bonds. The zero-order valence-electron chi connectivity index (χ0n) is 13.3. The van der Waals surface area contributed by atoms with Gasteiger partial charge in [-0.25, -0.2) is 0 Å². The highest BCUT2D eigenvalue weighted by atomic mass is 16.2. The molecule has 0 saturated heterocycles. The number of aliphatic imine (C=N–C) groups is 1. The van der Waals surface area contributed by atoms with Gasteiger partial charge < -0.3 is 9.47 Å². The van der Waals surface area contributed by atoms with Crippen LogP contribution in [0.5, 0.6) is 0 Å². The van der Waals surface area contributed by atoms with Gasteiger partial charge in [0.2, 0.25) is 5.91 Å². The quantitative estimate of drug-likeness (QED) is 0.588. The second-order valence-electron chi connectivity index (χ2n) is 5.74. The minimum atomic E-state index is 0.123. The van der Waals surface area contributed by atoms with E-state index in [1.165, 1.54) is 11.0 Å². The maximum atomic E-state index is 11.7. The van der Waals surface area contributed by atoms with E-state index in [0.717, 1.165) is 29.9 Å². The average Bonchev–Trinajstić information content (AvgIpc) is 2.94. The SMILES string of the molecule is CN=C(C1=C(C)CCN(C(C)=O)C1)n1ccc2ccccc21. The first-order chi connectivity index (χ1) is 10.6. The Morgan fingerprint density at radius 3 is 2.73 bits per heavy atom. The van der Waals surface area contributed by atoms with Gasteiger partial charge >= 0.3 is 0 Å². The summed E-state index contributed by atoms with van der Waals surface area (Å²) >= 11 is 0. The third-order valence-electron chi connectivity index (χ3n) is 4.38. The van der Waals surface area contributed by atoms with Gasteiger partial charge in [0.1, 0.15) is 5.84 Å². The number of amides is 1. The number of fused-ring (bicyclic) bond motifs is 1. The Balaban J connectivity index is 2.06. The Kier molecular flexibility index (Phi) is 3.84. The van der Waals surface area contributed by atoms with Crippen molar-refractivity contribution in [2.75, 3.05) is 20.1 Å². The van der Waals surface area contributed by atoms with Crippen molar-refractivity contribution in [3.63, 3.8) is 0 Å². The lowest BCUT2D eigenvalue weighted by atomic mass is 10.00. The van der Waals surface area contributed by atoms with Crippen molar-refractivity contribution in [3.05, 3.63) is 47.7 Å². The van der Waals surface area contributed by atoms with E-state index < -0.39 is 0 Å². The third-order valence-corrected chi connectivity index (χ3v) is 4.38. The molecule has 0 N–H and O–H groups in total. The van der Waals surface area contributed by atoms with Gasteiger partial charge in [-0.1, -0.05) is 23.8 Å². The van der Waals surface area contributed by atoms with Crippen molar-refractivity contribution in [2.45, 2.75) is 20.3 Å². The topological polar surface area (TPSA) is 37.6 Å². The number of aromatic nitrogens is 1. The van der Waals surface area contributed by atoms with Crippen molar-refractivity contribution >= 4 is 22.6 Å². The lowest BCUT2D eigenvalue weighted by Gasteiger charge is -2.30. The molecule has 2 heterocycles. The number of para-hydroxylation sites is 1. The fourth-order valence-electron chi connectivity index (χ4n) is 3.04. The first-order valence-electron chi connectivity index (χ1n) is 7.59. The van der Waals surface area contributed by atoms with Gasteiger partial charge in [0.25, 0.3) is 0 Å². The van der Waals surface area contributed by atoms with E-state index in [9.17, 15) is 4.79 Å². The molecule has 0 atom stereocenters. The summed E-state index contributed by atoms with van der Waals surface area (Å²) < 4.78 is 2.12. The van der Waals surface area contributed by atoms with Gasteiger partial charge in [-0.3, -0.25) is 9.79 Å². The smallest absolute Gasteiger partial charge is 0.219 e.